The van der Waals surface area contributed by atoms with E-state index in [9.17, 15) is 9.18 Å². The third kappa shape index (κ3) is 4.36. The molecule has 0 spiro atoms. The summed E-state index contributed by atoms with van der Waals surface area (Å²) in [6.07, 6.45) is 0. The van der Waals surface area contributed by atoms with Gasteiger partial charge in [0.1, 0.15) is 5.82 Å². The van der Waals surface area contributed by atoms with Crippen molar-refractivity contribution in [2.75, 3.05) is 18.5 Å². The van der Waals surface area contributed by atoms with Crippen LogP contribution >= 0.6 is 11.6 Å². The maximum atomic E-state index is 13.6. The molecule has 1 N–H and O–H groups in total. The lowest BCUT2D eigenvalue weighted by atomic mass is 10.3. The molecule has 22 heavy (non-hydrogen) atoms. The van der Waals surface area contributed by atoms with Crippen LogP contribution in [-0.4, -0.2) is 19.1 Å². The molecule has 6 heteroatoms. The molecule has 0 saturated heterocycles. The van der Waals surface area contributed by atoms with Crippen LogP contribution in [0, 0.1) is 5.82 Å². The van der Waals surface area contributed by atoms with Gasteiger partial charge in [0.05, 0.1) is 12.3 Å². The molecular formula is C16H15ClFNO3. The van der Waals surface area contributed by atoms with Gasteiger partial charge in [-0.2, -0.15) is 0 Å². The standard InChI is InChI=1S/C16H15ClFNO3/c1-2-21-14-5-3-4-6-15(14)22-10-16(20)19-13-8-7-11(17)9-12(13)18/h3-9H,2,10H2,1H3,(H,19,20). The van der Waals surface area contributed by atoms with Crippen molar-refractivity contribution in [2.24, 2.45) is 0 Å². The van der Waals surface area contributed by atoms with Gasteiger partial charge in [-0.25, -0.2) is 4.39 Å². The van der Waals surface area contributed by atoms with Crippen LogP contribution in [0.3, 0.4) is 0 Å². The minimum absolute atomic E-state index is 0.0519. The molecular weight excluding hydrogens is 309 g/mol. The SMILES string of the molecule is CCOc1ccccc1OCC(=O)Nc1ccc(Cl)cc1F. The lowest BCUT2D eigenvalue weighted by Gasteiger charge is -2.12. The van der Waals surface area contributed by atoms with Crippen molar-refractivity contribution >= 4 is 23.2 Å². The van der Waals surface area contributed by atoms with Crippen LogP contribution < -0.4 is 14.8 Å². The molecule has 2 rings (SSSR count). The first kappa shape index (κ1) is 16.1. The Morgan fingerprint density at radius 1 is 1.18 bits per heavy atom. The molecule has 2 aromatic carbocycles. The Hall–Kier alpha value is -2.27. The van der Waals surface area contributed by atoms with Crippen LogP contribution in [0.4, 0.5) is 10.1 Å². The van der Waals surface area contributed by atoms with Crippen molar-refractivity contribution in [2.45, 2.75) is 6.92 Å². The van der Waals surface area contributed by atoms with Crippen molar-refractivity contribution < 1.29 is 18.7 Å². The molecule has 0 fully saturated rings. The Kier molecular flexibility index (Phi) is 5.61. The number of hydrogen-bond donors (Lipinski definition) is 1. The van der Waals surface area contributed by atoms with Crippen LogP contribution in [0.2, 0.25) is 5.02 Å². The normalized spacial score (nSPS) is 10.1. The zero-order valence-corrected chi connectivity index (χ0v) is 12.7. The Balaban J connectivity index is 1.95. The number of rotatable bonds is 6. The van der Waals surface area contributed by atoms with E-state index in [1.54, 1.807) is 24.3 Å². The zero-order valence-electron chi connectivity index (χ0n) is 11.9. The first-order chi connectivity index (χ1) is 10.6. The summed E-state index contributed by atoms with van der Waals surface area (Å²) in [6, 6.07) is 11.0. The van der Waals surface area contributed by atoms with Crippen LogP contribution in [0.25, 0.3) is 0 Å². The van der Waals surface area contributed by atoms with E-state index in [0.29, 0.717) is 18.1 Å². The topological polar surface area (TPSA) is 47.6 Å². The van der Waals surface area contributed by atoms with Gasteiger partial charge in [-0.3, -0.25) is 4.79 Å². The number of amides is 1. The number of hydrogen-bond acceptors (Lipinski definition) is 3. The highest BCUT2D eigenvalue weighted by Gasteiger charge is 2.10. The predicted molar refractivity (Wildman–Crippen MR) is 83.1 cm³/mol. The number of benzene rings is 2. The van der Waals surface area contributed by atoms with Gasteiger partial charge in [-0.1, -0.05) is 23.7 Å². The molecule has 0 aliphatic rings. The third-order valence-corrected chi connectivity index (χ3v) is 2.95. The molecule has 2 aromatic rings. The van der Waals surface area contributed by atoms with E-state index in [0.717, 1.165) is 6.07 Å². The van der Waals surface area contributed by atoms with Crippen LogP contribution in [0.15, 0.2) is 42.5 Å². The average Bonchev–Trinajstić information content (AvgIpc) is 2.49. The number of anilines is 1. The van der Waals surface area contributed by atoms with Crippen LogP contribution in [0.5, 0.6) is 11.5 Å². The molecule has 0 heterocycles. The molecule has 0 unspecified atom stereocenters. The van der Waals surface area contributed by atoms with Gasteiger partial charge in [-0.15, -0.1) is 0 Å². The Labute approximate surface area is 132 Å². The first-order valence-corrected chi connectivity index (χ1v) is 7.07. The summed E-state index contributed by atoms with van der Waals surface area (Å²) >= 11 is 5.65. The second-order valence-electron chi connectivity index (χ2n) is 4.34. The van der Waals surface area contributed by atoms with Crippen molar-refractivity contribution in [1.29, 1.82) is 0 Å². The quantitative estimate of drug-likeness (QED) is 0.877. The highest BCUT2D eigenvalue weighted by atomic mass is 35.5. The Bertz CT molecular complexity index is 664. The monoisotopic (exact) mass is 323 g/mol. The van der Waals surface area contributed by atoms with E-state index in [4.69, 9.17) is 21.1 Å². The van der Waals surface area contributed by atoms with Gasteiger partial charge in [0.25, 0.3) is 5.91 Å². The van der Waals surface area contributed by atoms with E-state index >= 15 is 0 Å². The third-order valence-electron chi connectivity index (χ3n) is 2.71. The molecule has 0 aliphatic heterocycles. The minimum atomic E-state index is -0.601. The summed E-state index contributed by atoms with van der Waals surface area (Å²) in [5.74, 6) is -0.0744. The van der Waals surface area contributed by atoms with Crippen LogP contribution in [-0.2, 0) is 4.79 Å². The second kappa shape index (κ2) is 7.66. The number of carbonyl (C=O) groups excluding carboxylic acids is 1. The summed E-state index contributed by atoms with van der Waals surface area (Å²) in [5, 5.41) is 2.68. The summed E-state index contributed by atoms with van der Waals surface area (Å²) in [7, 11) is 0. The van der Waals surface area contributed by atoms with E-state index in [2.05, 4.69) is 5.32 Å². The van der Waals surface area contributed by atoms with Crippen molar-refractivity contribution in [3.8, 4) is 11.5 Å². The first-order valence-electron chi connectivity index (χ1n) is 6.69. The van der Waals surface area contributed by atoms with E-state index in [1.165, 1.54) is 12.1 Å². The number of carbonyl (C=O) groups is 1. The fraction of sp³-hybridized carbons (Fsp3) is 0.188. The molecule has 1 amide bonds. The molecule has 0 bridgehead atoms. The highest BCUT2D eigenvalue weighted by Crippen LogP contribution is 2.26. The molecule has 116 valence electrons. The molecule has 4 nitrogen and oxygen atoms in total. The van der Waals surface area contributed by atoms with Crippen molar-refractivity contribution in [3.63, 3.8) is 0 Å². The van der Waals surface area contributed by atoms with Crippen molar-refractivity contribution in [3.05, 3.63) is 53.3 Å². The summed E-state index contributed by atoms with van der Waals surface area (Å²) < 4.78 is 24.4. The van der Waals surface area contributed by atoms with E-state index in [1.807, 2.05) is 6.92 Å². The molecule has 0 radical (unpaired) electrons. The zero-order chi connectivity index (χ0) is 15.9. The average molecular weight is 324 g/mol. The maximum absolute atomic E-state index is 13.6. The smallest absolute Gasteiger partial charge is 0.262 e. The summed E-state index contributed by atoms with van der Waals surface area (Å²) in [4.78, 5) is 11.8. The lowest BCUT2D eigenvalue weighted by Crippen LogP contribution is -2.21. The lowest BCUT2D eigenvalue weighted by molar-refractivity contribution is -0.118. The Morgan fingerprint density at radius 3 is 2.50 bits per heavy atom. The Morgan fingerprint density at radius 2 is 1.86 bits per heavy atom. The van der Waals surface area contributed by atoms with Gasteiger partial charge in [-0.05, 0) is 37.3 Å². The molecule has 0 aromatic heterocycles. The van der Waals surface area contributed by atoms with Crippen molar-refractivity contribution in [1.82, 2.24) is 0 Å². The molecule has 0 saturated carbocycles. The fourth-order valence-electron chi connectivity index (χ4n) is 1.76. The summed E-state index contributed by atoms with van der Waals surface area (Å²) in [5.41, 5.74) is 0.0519. The van der Waals surface area contributed by atoms with E-state index < -0.39 is 11.7 Å². The van der Waals surface area contributed by atoms with Gasteiger partial charge in [0.15, 0.2) is 18.1 Å². The predicted octanol–water partition coefficient (Wildman–Crippen LogP) is 3.90. The number of nitrogens with one attached hydrogen (secondary N) is 1. The highest BCUT2D eigenvalue weighted by molar-refractivity contribution is 6.30. The number of halogens is 2. The minimum Gasteiger partial charge on any atom is -0.490 e. The van der Waals surface area contributed by atoms with E-state index in [-0.39, 0.29) is 17.3 Å². The van der Waals surface area contributed by atoms with Crippen LogP contribution in [0.1, 0.15) is 6.92 Å². The van der Waals surface area contributed by atoms with Gasteiger partial charge >= 0.3 is 0 Å². The molecule has 0 aliphatic carbocycles. The van der Waals surface area contributed by atoms with Gasteiger partial charge in [0.2, 0.25) is 0 Å². The summed E-state index contributed by atoms with van der Waals surface area (Å²) in [6.45, 7) is 2.08. The second-order valence-corrected chi connectivity index (χ2v) is 4.78. The fourth-order valence-corrected chi connectivity index (χ4v) is 1.92. The van der Waals surface area contributed by atoms with Gasteiger partial charge in [0, 0.05) is 5.02 Å². The largest absolute Gasteiger partial charge is 0.490 e. The van der Waals surface area contributed by atoms with Gasteiger partial charge < -0.3 is 14.8 Å². The number of ether oxygens (including phenoxy) is 2. The molecule has 0 atom stereocenters. The maximum Gasteiger partial charge on any atom is 0.262 e. The number of para-hydroxylation sites is 2.